The van der Waals surface area contributed by atoms with Crippen molar-refractivity contribution in [1.29, 1.82) is 0 Å². The third-order valence-corrected chi connectivity index (χ3v) is 7.60. The lowest BCUT2D eigenvalue weighted by Gasteiger charge is -2.30. The number of hydrogen-bond acceptors (Lipinski definition) is 5. The van der Waals surface area contributed by atoms with Gasteiger partial charge in [0.1, 0.15) is 0 Å². The molecule has 7 heteroatoms. The molecule has 1 fully saturated rings. The molecule has 5 nitrogen and oxygen atoms in total. The van der Waals surface area contributed by atoms with Crippen molar-refractivity contribution in [1.82, 2.24) is 4.98 Å². The first-order valence-electron chi connectivity index (χ1n) is 9.68. The molecule has 152 valence electrons. The Balaban J connectivity index is 1.85. The second-order valence-electron chi connectivity index (χ2n) is 7.57. The van der Waals surface area contributed by atoms with Crippen molar-refractivity contribution >= 4 is 31.7 Å². The molecule has 0 bridgehead atoms. The zero-order valence-electron chi connectivity index (χ0n) is 16.4. The van der Waals surface area contributed by atoms with Crippen molar-refractivity contribution in [2.24, 2.45) is 5.92 Å². The van der Waals surface area contributed by atoms with Crippen LogP contribution in [-0.4, -0.2) is 26.5 Å². The van der Waals surface area contributed by atoms with Gasteiger partial charge in [0.25, 0.3) is 0 Å². The number of halogens is 1. The average Bonchev–Trinajstić information content (AvgIpc) is 3.15. The third-order valence-electron chi connectivity index (χ3n) is 5.40. The number of rotatable bonds is 4. The van der Waals surface area contributed by atoms with Crippen LogP contribution >= 0.6 is 15.9 Å². The summed E-state index contributed by atoms with van der Waals surface area (Å²) in [4.78, 5) is 6.72. The first kappa shape index (κ1) is 20.2. The van der Waals surface area contributed by atoms with Gasteiger partial charge in [-0.25, -0.2) is 8.42 Å². The van der Waals surface area contributed by atoms with E-state index in [0.29, 0.717) is 17.7 Å². The summed E-state index contributed by atoms with van der Waals surface area (Å²) < 4.78 is 33.8. The number of benzene rings is 2. The first-order chi connectivity index (χ1) is 13.9. The van der Waals surface area contributed by atoms with E-state index < -0.39 is 9.84 Å². The van der Waals surface area contributed by atoms with Crippen LogP contribution in [0.2, 0.25) is 0 Å². The van der Waals surface area contributed by atoms with Crippen molar-refractivity contribution in [2.75, 3.05) is 18.0 Å². The molecule has 0 radical (unpaired) electrons. The maximum atomic E-state index is 13.4. The van der Waals surface area contributed by atoms with Gasteiger partial charge in [0.05, 0.1) is 4.90 Å². The summed E-state index contributed by atoms with van der Waals surface area (Å²) >= 11 is 3.36. The molecule has 1 aliphatic heterocycles. The van der Waals surface area contributed by atoms with Crippen LogP contribution in [0.1, 0.15) is 25.3 Å². The van der Waals surface area contributed by atoms with Crippen LogP contribution in [0.25, 0.3) is 11.5 Å². The second-order valence-corrected chi connectivity index (χ2v) is 10.4. The number of oxazole rings is 1. The number of nitrogens with zero attached hydrogens (tertiary/aromatic N) is 2. The molecule has 0 N–H and O–H groups in total. The minimum atomic E-state index is -3.82. The molecule has 2 heterocycles. The highest BCUT2D eigenvalue weighted by atomic mass is 79.9. The minimum absolute atomic E-state index is 0.00683. The van der Waals surface area contributed by atoms with Crippen molar-refractivity contribution in [2.45, 2.75) is 36.6 Å². The Morgan fingerprint density at radius 2 is 1.72 bits per heavy atom. The summed E-state index contributed by atoms with van der Waals surface area (Å²) in [6.07, 6.45) is 2.00. The summed E-state index contributed by atoms with van der Waals surface area (Å²) in [5, 5.41) is -0.00683. The molecule has 1 aromatic heterocycles. The largest absolute Gasteiger partial charge is 0.419 e. The van der Waals surface area contributed by atoms with Crippen LogP contribution < -0.4 is 4.90 Å². The zero-order chi connectivity index (χ0) is 20.6. The predicted molar refractivity (Wildman–Crippen MR) is 117 cm³/mol. The fraction of sp³-hybridized carbons (Fsp3) is 0.318. The summed E-state index contributed by atoms with van der Waals surface area (Å²) in [5.41, 5.74) is 1.79. The average molecular weight is 475 g/mol. The molecule has 0 spiro atoms. The van der Waals surface area contributed by atoms with E-state index in [9.17, 15) is 8.42 Å². The number of aromatic nitrogens is 1. The molecular weight excluding hydrogens is 452 g/mol. The monoisotopic (exact) mass is 474 g/mol. The number of aryl methyl sites for hydroxylation is 1. The van der Waals surface area contributed by atoms with Crippen LogP contribution in [0.3, 0.4) is 0 Å². The number of hydrogen-bond donors (Lipinski definition) is 0. The summed E-state index contributed by atoms with van der Waals surface area (Å²) in [6, 6.07) is 14.3. The van der Waals surface area contributed by atoms with Gasteiger partial charge in [-0.1, -0.05) is 41.1 Å². The molecule has 0 amide bonds. The molecule has 1 saturated heterocycles. The molecule has 0 aliphatic carbocycles. The van der Waals surface area contributed by atoms with Gasteiger partial charge < -0.3 is 9.32 Å². The van der Waals surface area contributed by atoms with Crippen LogP contribution in [-0.2, 0) is 9.84 Å². The van der Waals surface area contributed by atoms with Gasteiger partial charge in [-0.15, -0.1) is 0 Å². The van der Waals surface area contributed by atoms with E-state index in [4.69, 9.17) is 4.42 Å². The fourth-order valence-electron chi connectivity index (χ4n) is 3.54. The van der Waals surface area contributed by atoms with Crippen LogP contribution in [0, 0.1) is 12.8 Å². The van der Waals surface area contributed by atoms with Crippen molar-refractivity contribution in [3.8, 4) is 11.5 Å². The van der Waals surface area contributed by atoms with Crippen molar-refractivity contribution < 1.29 is 12.8 Å². The lowest BCUT2D eigenvalue weighted by molar-refractivity contribution is 0.415. The van der Waals surface area contributed by atoms with Gasteiger partial charge in [0, 0.05) is 23.1 Å². The molecule has 0 atom stereocenters. The molecule has 2 aromatic carbocycles. The number of anilines is 1. The van der Waals surface area contributed by atoms with Gasteiger partial charge in [-0.2, -0.15) is 4.98 Å². The second kappa shape index (κ2) is 7.95. The highest BCUT2D eigenvalue weighted by molar-refractivity contribution is 9.10. The van der Waals surface area contributed by atoms with Gasteiger partial charge in [0.2, 0.25) is 26.6 Å². The SMILES string of the molecule is Cc1ccccc1-c1nc(S(=O)(=O)c2ccc(Br)cc2)c(N2CCC(C)CC2)o1. The molecule has 3 aromatic rings. The van der Waals surface area contributed by atoms with E-state index in [2.05, 4.69) is 27.8 Å². The third kappa shape index (κ3) is 3.98. The molecule has 29 heavy (non-hydrogen) atoms. The maximum Gasteiger partial charge on any atom is 0.236 e. The summed E-state index contributed by atoms with van der Waals surface area (Å²) in [7, 11) is -3.82. The molecule has 4 rings (SSSR count). The van der Waals surface area contributed by atoms with Crippen LogP contribution in [0.4, 0.5) is 5.88 Å². The summed E-state index contributed by atoms with van der Waals surface area (Å²) in [6.45, 7) is 5.69. The predicted octanol–water partition coefficient (Wildman–Crippen LogP) is 5.48. The van der Waals surface area contributed by atoms with Crippen LogP contribution in [0.5, 0.6) is 0 Å². The van der Waals surface area contributed by atoms with E-state index in [1.54, 1.807) is 24.3 Å². The fourth-order valence-corrected chi connectivity index (χ4v) is 5.12. The number of piperidine rings is 1. The Morgan fingerprint density at radius 1 is 1.07 bits per heavy atom. The minimum Gasteiger partial charge on any atom is -0.419 e. The maximum absolute atomic E-state index is 13.4. The van der Waals surface area contributed by atoms with Gasteiger partial charge in [-0.05, 0) is 61.6 Å². The Labute approximate surface area is 179 Å². The smallest absolute Gasteiger partial charge is 0.236 e. The van der Waals surface area contributed by atoms with E-state index in [0.717, 1.165) is 41.5 Å². The first-order valence-corrected chi connectivity index (χ1v) is 12.0. The van der Waals surface area contributed by atoms with Gasteiger partial charge >= 0.3 is 0 Å². The number of sulfone groups is 1. The topological polar surface area (TPSA) is 63.4 Å². The van der Waals surface area contributed by atoms with E-state index in [1.807, 2.05) is 36.1 Å². The molecular formula is C22H23BrN2O3S. The Kier molecular flexibility index (Phi) is 5.53. The Bertz CT molecular complexity index is 1120. The van der Waals surface area contributed by atoms with Crippen LogP contribution in [0.15, 0.2) is 67.3 Å². The van der Waals surface area contributed by atoms with E-state index in [-0.39, 0.29) is 9.92 Å². The van der Waals surface area contributed by atoms with E-state index in [1.165, 1.54) is 0 Å². The molecule has 0 saturated carbocycles. The Morgan fingerprint density at radius 3 is 2.38 bits per heavy atom. The van der Waals surface area contributed by atoms with Gasteiger partial charge in [0.15, 0.2) is 0 Å². The highest BCUT2D eigenvalue weighted by Crippen LogP contribution is 2.37. The lowest BCUT2D eigenvalue weighted by atomic mass is 9.99. The zero-order valence-corrected chi connectivity index (χ0v) is 18.8. The summed E-state index contributed by atoms with van der Waals surface area (Å²) in [5.74, 6) is 1.31. The lowest BCUT2D eigenvalue weighted by Crippen LogP contribution is -2.33. The van der Waals surface area contributed by atoms with Crippen molar-refractivity contribution in [3.05, 3.63) is 58.6 Å². The van der Waals surface area contributed by atoms with E-state index >= 15 is 0 Å². The molecule has 0 unspecified atom stereocenters. The standard InChI is InChI=1S/C22H23BrN2O3S/c1-15-11-13-25(14-12-15)22-21(29(26,27)18-9-7-17(23)8-10-18)24-20(28-22)19-6-4-3-5-16(19)2/h3-10,15H,11-14H2,1-2H3. The van der Waals surface area contributed by atoms with Crippen molar-refractivity contribution in [3.63, 3.8) is 0 Å². The quantitative estimate of drug-likeness (QED) is 0.500. The highest BCUT2D eigenvalue weighted by Gasteiger charge is 2.32. The van der Waals surface area contributed by atoms with Gasteiger partial charge in [-0.3, -0.25) is 0 Å². The normalized spacial score (nSPS) is 15.6. The molecule has 1 aliphatic rings. The Hall–Kier alpha value is -2.12.